The van der Waals surface area contributed by atoms with Gasteiger partial charge >= 0.3 is 0 Å². The van der Waals surface area contributed by atoms with Crippen molar-refractivity contribution in [2.24, 2.45) is 0 Å². The molecule has 86 valence electrons. The molecule has 0 saturated carbocycles. The molecule has 1 N–H and O–H groups in total. The normalized spacial score (nSPS) is 13.1. The molecule has 8 heteroatoms. The van der Waals surface area contributed by atoms with E-state index in [1.807, 2.05) is 6.92 Å². The van der Waals surface area contributed by atoms with E-state index in [1.54, 1.807) is 0 Å². The summed E-state index contributed by atoms with van der Waals surface area (Å²) in [5, 5.41) is 0. The summed E-state index contributed by atoms with van der Waals surface area (Å²) in [6.07, 6.45) is 1.40. The molecule has 0 aromatic rings. The highest BCUT2D eigenvalue weighted by atomic mass is 32.5. The van der Waals surface area contributed by atoms with Crippen LogP contribution >= 0.6 is 6.64 Å². The maximum atomic E-state index is 11.4. The molecule has 0 saturated heterocycles. The van der Waals surface area contributed by atoms with Crippen molar-refractivity contribution >= 4 is 28.5 Å². The van der Waals surface area contributed by atoms with E-state index >= 15 is 0 Å². The van der Waals surface area contributed by atoms with Gasteiger partial charge in [0.15, 0.2) is 0 Å². The highest BCUT2D eigenvalue weighted by Gasteiger charge is 2.23. The van der Waals surface area contributed by atoms with Crippen LogP contribution in [0.25, 0.3) is 0 Å². The molecule has 5 nitrogen and oxygen atoms in total. The van der Waals surface area contributed by atoms with Crippen LogP contribution in [0.2, 0.25) is 0 Å². The van der Waals surface area contributed by atoms with E-state index in [2.05, 4.69) is 4.49 Å². The van der Waals surface area contributed by atoms with E-state index in [4.69, 9.17) is 20.9 Å². The first-order valence-corrected chi connectivity index (χ1v) is 8.41. The molecule has 0 aliphatic rings. The molecule has 0 rings (SSSR count). The lowest BCUT2D eigenvalue weighted by Gasteiger charge is -2.18. The van der Waals surface area contributed by atoms with Crippen LogP contribution in [0, 0.1) is 0 Å². The first kappa shape index (κ1) is 14.5. The first-order chi connectivity index (χ1) is 6.39. The second-order valence-electron chi connectivity index (χ2n) is 2.63. The molecular weight excluding hydrogens is 245 g/mol. The summed E-state index contributed by atoms with van der Waals surface area (Å²) in [4.78, 5) is 0. The van der Waals surface area contributed by atoms with E-state index in [1.165, 1.54) is 14.2 Å². The fourth-order valence-corrected chi connectivity index (χ4v) is 4.86. The van der Waals surface area contributed by atoms with Crippen molar-refractivity contribution in [2.75, 3.05) is 20.0 Å². The van der Waals surface area contributed by atoms with Crippen molar-refractivity contribution in [1.29, 1.82) is 0 Å². The third kappa shape index (κ3) is 5.38. The second-order valence-corrected chi connectivity index (χ2v) is 8.16. The monoisotopic (exact) mass is 261 g/mol. The standard InChI is InChI=1S/C6H16NO4PS2/c1-4-5-6-14(8,9)7-12(13,10-2)11-3/h4-6H2,1-3H3,(H,7,13). The van der Waals surface area contributed by atoms with Crippen molar-refractivity contribution in [2.45, 2.75) is 19.8 Å². The van der Waals surface area contributed by atoms with Crippen LogP contribution in [0.1, 0.15) is 19.8 Å². The number of nitrogens with one attached hydrogen (secondary N) is 1. The van der Waals surface area contributed by atoms with Gasteiger partial charge in [-0.15, -0.1) is 4.49 Å². The summed E-state index contributed by atoms with van der Waals surface area (Å²) < 4.78 is 34.7. The van der Waals surface area contributed by atoms with E-state index in [0.717, 1.165) is 6.42 Å². The zero-order valence-electron chi connectivity index (χ0n) is 8.52. The van der Waals surface area contributed by atoms with Gasteiger partial charge in [0, 0.05) is 14.2 Å². The van der Waals surface area contributed by atoms with Crippen molar-refractivity contribution in [1.82, 2.24) is 4.49 Å². The fraction of sp³-hybridized carbons (Fsp3) is 1.00. The molecular formula is C6H16NO4PS2. The van der Waals surface area contributed by atoms with Gasteiger partial charge < -0.3 is 9.05 Å². The van der Waals surface area contributed by atoms with E-state index in [0.29, 0.717) is 6.42 Å². The predicted octanol–water partition coefficient (Wildman–Crippen LogP) is 1.22. The average molecular weight is 261 g/mol. The Balaban J connectivity index is 4.42. The number of unbranched alkanes of at least 4 members (excludes halogenated alkanes) is 1. The van der Waals surface area contributed by atoms with Crippen LogP contribution in [0.3, 0.4) is 0 Å². The number of sulfonamides is 1. The third-order valence-corrected chi connectivity index (χ3v) is 6.86. The minimum absolute atomic E-state index is 0.0502. The van der Waals surface area contributed by atoms with Crippen LogP contribution in [0.4, 0.5) is 0 Å². The Labute approximate surface area is 90.5 Å². The SMILES string of the molecule is CCCCS(=O)(=O)NP(=S)(OC)OC. The summed E-state index contributed by atoms with van der Waals surface area (Å²) in [5.74, 6) is 0.0502. The fourth-order valence-electron chi connectivity index (χ4n) is 0.699. The Kier molecular flexibility index (Phi) is 6.36. The van der Waals surface area contributed by atoms with Gasteiger partial charge in [-0.2, -0.15) is 0 Å². The Bertz CT molecular complexity index is 295. The van der Waals surface area contributed by atoms with Crippen LogP contribution in [0.5, 0.6) is 0 Å². The molecule has 0 fully saturated rings. The second kappa shape index (κ2) is 6.15. The van der Waals surface area contributed by atoms with Crippen LogP contribution < -0.4 is 4.49 Å². The molecule has 0 aromatic carbocycles. The van der Waals surface area contributed by atoms with Crippen LogP contribution in [0.15, 0.2) is 0 Å². The molecule has 0 aliphatic heterocycles. The van der Waals surface area contributed by atoms with E-state index < -0.39 is 16.7 Å². The maximum Gasteiger partial charge on any atom is 0.274 e. The van der Waals surface area contributed by atoms with Gasteiger partial charge in [0.05, 0.1) is 5.75 Å². The average Bonchev–Trinajstić information content (AvgIpc) is 2.14. The van der Waals surface area contributed by atoms with Crippen LogP contribution in [-0.4, -0.2) is 28.4 Å². The highest BCUT2D eigenvalue weighted by molar-refractivity contribution is 8.14. The zero-order valence-corrected chi connectivity index (χ0v) is 11.0. The molecule has 0 heterocycles. The van der Waals surface area contributed by atoms with Gasteiger partial charge in [-0.25, -0.2) is 8.42 Å². The first-order valence-electron chi connectivity index (χ1n) is 4.12. The Morgan fingerprint density at radius 2 is 1.86 bits per heavy atom. The quantitative estimate of drug-likeness (QED) is 0.698. The summed E-state index contributed by atoms with van der Waals surface area (Å²) in [7, 11) is -0.728. The Morgan fingerprint density at radius 1 is 1.36 bits per heavy atom. The third-order valence-electron chi connectivity index (χ3n) is 1.50. The van der Waals surface area contributed by atoms with Crippen molar-refractivity contribution in [3.8, 4) is 0 Å². The predicted molar refractivity (Wildman–Crippen MR) is 60.1 cm³/mol. The van der Waals surface area contributed by atoms with Crippen molar-refractivity contribution in [3.05, 3.63) is 0 Å². The summed E-state index contributed by atoms with van der Waals surface area (Å²) in [6.45, 7) is -0.933. The summed E-state index contributed by atoms with van der Waals surface area (Å²) >= 11 is 4.88. The molecule has 0 atom stereocenters. The molecule has 0 bridgehead atoms. The van der Waals surface area contributed by atoms with E-state index in [-0.39, 0.29) is 5.75 Å². The van der Waals surface area contributed by atoms with Gasteiger partial charge in [0.25, 0.3) is 6.64 Å². The molecule has 0 radical (unpaired) electrons. The van der Waals surface area contributed by atoms with Gasteiger partial charge in [0.2, 0.25) is 10.0 Å². The van der Waals surface area contributed by atoms with E-state index in [9.17, 15) is 8.42 Å². The lowest BCUT2D eigenvalue weighted by atomic mass is 10.4. The molecule has 0 amide bonds. The molecule has 0 aromatic heterocycles. The smallest absolute Gasteiger partial charge is 0.274 e. The Hall–Kier alpha value is 0.480. The van der Waals surface area contributed by atoms with Gasteiger partial charge in [-0.05, 0) is 18.2 Å². The lowest BCUT2D eigenvalue weighted by Crippen LogP contribution is -2.24. The molecule has 0 aliphatic carbocycles. The highest BCUT2D eigenvalue weighted by Crippen LogP contribution is 2.42. The zero-order chi connectivity index (χ0) is 11.2. The van der Waals surface area contributed by atoms with Gasteiger partial charge in [-0.3, -0.25) is 0 Å². The van der Waals surface area contributed by atoms with Crippen molar-refractivity contribution in [3.63, 3.8) is 0 Å². The molecule has 14 heavy (non-hydrogen) atoms. The topological polar surface area (TPSA) is 64.6 Å². The maximum absolute atomic E-state index is 11.4. The Morgan fingerprint density at radius 3 is 2.21 bits per heavy atom. The number of hydrogen-bond acceptors (Lipinski definition) is 5. The van der Waals surface area contributed by atoms with Gasteiger partial charge in [-0.1, -0.05) is 13.3 Å². The molecule has 0 unspecified atom stereocenters. The van der Waals surface area contributed by atoms with Crippen LogP contribution in [-0.2, 0) is 30.9 Å². The molecule has 0 spiro atoms. The largest absolute Gasteiger partial charge is 0.321 e. The minimum atomic E-state index is -3.38. The van der Waals surface area contributed by atoms with Crippen molar-refractivity contribution < 1.29 is 17.5 Å². The van der Waals surface area contributed by atoms with Gasteiger partial charge in [0.1, 0.15) is 0 Å². The minimum Gasteiger partial charge on any atom is -0.321 e. The number of hydrogen-bond donors (Lipinski definition) is 1. The number of rotatable bonds is 7. The summed E-state index contributed by atoms with van der Waals surface area (Å²) in [6, 6.07) is 0. The lowest BCUT2D eigenvalue weighted by molar-refractivity contribution is 0.333. The summed E-state index contributed by atoms with van der Waals surface area (Å²) in [5.41, 5.74) is 0.